The van der Waals surface area contributed by atoms with E-state index in [4.69, 9.17) is 11.6 Å². The van der Waals surface area contributed by atoms with Crippen LogP contribution in [-0.2, 0) is 6.54 Å². The highest BCUT2D eigenvalue weighted by Gasteiger charge is 2.07. The second-order valence-electron chi connectivity index (χ2n) is 4.47. The molecule has 1 aromatic heterocycles. The van der Waals surface area contributed by atoms with E-state index in [2.05, 4.69) is 10.3 Å². The van der Waals surface area contributed by atoms with Crippen molar-refractivity contribution < 1.29 is 4.39 Å². The van der Waals surface area contributed by atoms with Gasteiger partial charge >= 0.3 is 0 Å². The van der Waals surface area contributed by atoms with Crippen molar-refractivity contribution in [1.29, 1.82) is 0 Å². The Labute approximate surface area is 125 Å². The minimum absolute atomic E-state index is 0.292. The molecule has 20 heavy (non-hydrogen) atoms. The number of halogens is 2. The van der Waals surface area contributed by atoms with Crippen LogP contribution >= 0.6 is 22.9 Å². The van der Waals surface area contributed by atoms with Crippen LogP contribution in [0.5, 0.6) is 0 Å². The van der Waals surface area contributed by atoms with Crippen molar-refractivity contribution in [3.63, 3.8) is 0 Å². The van der Waals surface area contributed by atoms with Crippen LogP contribution in [0.1, 0.15) is 10.6 Å². The van der Waals surface area contributed by atoms with Gasteiger partial charge in [0.05, 0.1) is 15.2 Å². The normalized spacial score (nSPS) is 10.9. The summed E-state index contributed by atoms with van der Waals surface area (Å²) in [5.41, 5.74) is 2.40. The maximum atomic E-state index is 13.7. The van der Waals surface area contributed by atoms with Crippen LogP contribution < -0.4 is 5.32 Å². The summed E-state index contributed by atoms with van der Waals surface area (Å²) in [6, 6.07) is 10.6. The van der Waals surface area contributed by atoms with Crippen LogP contribution in [0, 0.1) is 12.7 Å². The van der Waals surface area contributed by atoms with E-state index in [0.29, 0.717) is 17.1 Å². The third kappa shape index (κ3) is 2.62. The highest BCUT2D eigenvalue weighted by molar-refractivity contribution is 7.18. The molecule has 0 fully saturated rings. The first kappa shape index (κ1) is 13.3. The Hall–Kier alpha value is -1.65. The first-order valence-electron chi connectivity index (χ1n) is 6.17. The minimum Gasteiger partial charge on any atom is -0.381 e. The molecule has 0 radical (unpaired) electrons. The number of hydrogen-bond acceptors (Lipinski definition) is 3. The van der Waals surface area contributed by atoms with Gasteiger partial charge in [-0.1, -0.05) is 17.7 Å². The average molecular weight is 307 g/mol. The summed E-state index contributed by atoms with van der Waals surface area (Å²) in [4.78, 5) is 4.41. The summed E-state index contributed by atoms with van der Waals surface area (Å²) in [5.74, 6) is -0.292. The van der Waals surface area contributed by atoms with Crippen LogP contribution in [0.3, 0.4) is 0 Å². The van der Waals surface area contributed by atoms with Crippen LogP contribution in [0.15, 0.2) is 36.4 Å². The van der Waals surface area contributed by atoms with Gasteiger partial charge in [0.15, 0.2) is 0 Å². The van der Waals surface area contributed by atoms with Gasteiger partial charge in [-0.15, -0.1) is 11.3 Å². The first-order valence-corrected chi connectivity index (χ1v) is 7.37. The maximum absolute atomic E-state index is 13.7. The van der Waals surface area contributed by atoms with E-state index in [0.717, 1.165) is 20.9 Å². The molecule has 3 aromatic rings. The van der Waals surface area contributed by atoms with E-state index in [1.54, 1.807) is 23.5 Å². The molecule has 3 rings (SSSR count). The molecule has 0 aliphatic heterocycles. The van der Waals surface area contributed by atoms with Crippen LogP contribution in [0.2, 0.25) is 5.02 Å². The van der Waals surface area contributed by atoms with Crippen molar-refractivity contribution in [1.82, 2.24) is 4.98 Å². The Bertz CT molecular complexity index is 749. The molecule has 0 aliphatic rings. The molecular formula is C15H12ClFN2S. The molecule has 0 bridgehead atoms. The Balaban J connectivity index is 1.83. The molecule has 2 aromatic carbocycles. The van der Waals surface area contributed by atoms with Gasteiger partial charge in [-0.2, -0.15) is 0 Å². The summed E-state index contributed by atoms with van der Waals surface area (Å²) < 4.78 is 14.8. The minimum atomic E-state index is -0.292. The van der Waals surface area contributed by atoms with E-state index in [9.17, 15) is 4.39 Å². The summed E-state index contributed by atoms with van der Waals surface area (Å²) in [7, 11) is 0. The monoisotopic (exact) mass is 306 g/mol. The molecule has 102 valence electrons. The lowest BCUT2D eigenvalue weighted by Crippen LogP contribution is -2.02. The maximum Gasteiger partial charge on any atom is 0.129 e. The van der Waals surface area contributed by atoms with Crippen LogP contribution in [0.25, 0.3) is 10.2 Å². The summed E-state index contributed by atoms with van der Waals surface area (Å²) in [6.07, 6.45) is 0. The number of rotatable bonds is 3. The van der Waals surface area contributed by atoms with E-state index < -0.39 is 0 Å². The third-order valence-corrected chi connectivity index (χ3v) is 4.31. The highest BCUT2D eigenvalue weighted by Crippen LogP contribution is 2.26. The zero-order valence-electron chi connectivity index (χ0n) is 10.8. The summed E-state index contributed by atoms with van der Waals surface area (Å²) in [5, 5.41) is 4.67. The third-order valence-electron chi connectivity index (χ3n) is 3.03. The number of nitrogens with one attached hydrogen (secondary N) is 1. The molecule has 0 atom stereocenters. The van der Waals surface area contributed by atoms with Gasteiger partial charge in [0, 0.05) is 22.8 Å². The first-order chi connectivity index (χ1) is 9.63. The number of thiazole rings is 1. The molecule has 1 heterocycles. The number of hydrogen-bond donors (Lipinski definition) is 1. The number of nitrogens with zero attached hydrogens (tertiary/aromatic N) is 1. The van der Waals surface area contributed by atoms with Gasteiger partial charge in [0.25, 0.3) is 0 Å². The molecule has 2 nitrogen and oxygen atoms in total. The molecule has 0 amide bonds. The lowest BCUT2D eigenvalue weighted by molar-refractivity contribution is 0.613. The van der Waals surface area contributed by atoms with Gasteiger partial charge in [-0.3, -0.25) is 0 Å². The molecule has 0 saturated carbocycles. The Kier molecular flexibility index (Phi) is 3.59. The largest absolute Gasteiger partial charge is 0.381 e. The number of benzene rings is 2. The van der Waals surface area contributed by atoms with Crippen molar-refractivity contribution >= 4 is 38.8 Å². The molecule has 1 N–H and O–H groups in total. The second kappa shape index (κ2) is 5.38. The lowest BCUT2D eigenvalue weighted by Gasteiger charge is -2.09. The van der Waals surface area contributed by atoms with Crippen molar-refractivity contribution in [2.75, 3.05) is 5.32 Å². The van der Waals surface area contributed by atoms with Gasteiger partial charge in [-0.05, 0) is 37.3 Å². The zero-order valence-corrected chi connectivity index (χ0v) is 12.4. The zero-order chi connectivity index (χ0) is 14.1. The van der Waals surface area contributed by atoms with Gasteiger partial charge in [-0.25, -0.2) is 9.37 Å². The fourth-order valence-electron chi connectivity index (χ4n) is 2.04. The summed E-state index contributed by atoms with van der Waals surface area (Å²) in [6.45, 7) is 2.34. The van der Waals surface area contributed by atoms with Crippen molar-refractivity contribution in [2.24, 2.45) is 0 Å². The Morgan fingerprint density at radius 1 is 1.30 bits per heavy atom. The van der Waals surface area contributed by atoms with E-state index in [1.165, 1.54) is 6.07 Å². The Morgan fingerprint density at radius 2 is 2.15 bits per heavy atom. The van der Waals surface area contributed by atoms with Crippen LogP contribution in [-0.4, -0.2) is 4.98 Å². The van der Waals surface area contributed by atoms with Gasteiger partial charge in [0.2, 0.25) is 0 Å². The molecule has 0 spiro atoms. The lowest BCUT2D eigenvalue weighted by atomic mass is 10.2. The van der Waals surface area contributed by atoms with Crippen molar-refractivity contribution in [2.45, 2.75) is 13.5 Å². The van der Waals surface area contributed by atoms with E-state index >= 15 is 0 Å². The predicted octanol–water partition coefficient (Wildman–Crippen LogP) is 5.01. The number of fused-ring (bicyclic) bond motifs is 1. The molecular weight excluding hydrogens is 295 g/mol. The summed E-state index contributed by atoms with van der Waals surface area (Å²) >= 11 is 7.65. The SMILES string of the molecule is Cc1nc2ccc(NCc3c(F)cccc3Cl)cc2s1. The highest BCUT2D eigenvalue weighted by atomic mass is 35.5. The van der Waals surface area contributed by atoms with Gasteiger partial charge < -0.3 is 5.32 Å². The number of aryl methyl sites for hydroxylation is 1. The average Bonchev–Trinajstić information content (AvgIpc) is 2.77. The quantitative estimate of drug-likeness (QED) is 0.736. The molecule has 0 unspecified atom stereocenters. The smallest absolute Gasteiger partial charge is 0.129 e. The van der Waals surface area contributed by atoms with E-state index in [1.807, 2.05) is 25.1 Å². The fraction of sp³-hybridized carbons (Fsp3) is 0.133. The van der Waals surface area contributed by atoms with Crippen molar-refractivity contribution in [3.05, 3.63) is 57.8 Å². The molecule has 5 heteroatoms. The predicted molar refractivity (Wildman–Crippen MR) is 83.1 cm³/mol. The second-order valence-corrected chi connectivity index (χ2v) is 6.11. The molecule has 0 aliphatic carbocycles. The van der Waals surface area contributed by atoms with Crippen molar-refractivity contribution in [3.8, 4) is 0 Å². The van der Waals surface area contributed by atoms with Crippen LogP contribution in [0.4, 0.5) is 10.1 Å². The fourth-order valence-corrected chi connectivity index (χ4v) is 3.14. The van der Waals surface area contributed by atoms with Gasteiger partial charge in [0.1, 0.15) is 5.82 Å². The van der Waals surface area contributed by atoms with E-state index in [-0.39, 0.29) is 5.82 Å². The Morgan fingerprint density at radius 3 is 2.95 bits per heavy atom. The topological polar surface area (TPSA) is 24.9 Å². The standard InChI is InChI=1S/C15H12ClFN2S/c1-9-19-14-6-5-10(7-15(14)20-9)18-8-11-12(16)3-2-4-13(11)17/h2-7,18H,8H2,1H3. The molecule has 0 saturated heterocycles. The number of aromatic nitrogens is 1. The number of anilines is 1.